The highest BCUT2D eigenvalue weighted by Gasteiger charge is 2.35. The number of likely N-dealkylation sites (tertiary alicyclic amines) is 1. The molecular formula is C15H11BrClN5O. The van der Waals surface area contributed by atoms with E-state index in [4.69, 9.17) is 11.6 Å². The molecule has 8 heteroatoms. The third-order valence-corrected chi connectivity index (χ3v) is 4.68. The van der Waals surface area contributed by atoms with Crippen molar-refractivity contribution in [1.29, 1.82) is 0 Å². The predicted octanol–water partition coefficient (Wildman–Crippen LogP) is 3.01. The number of nitrogens with one attached hydrogen (secondary N) is 1. The van der Waals surface area contributed by atoms with Crippen LogP contribution in [0.15, 0.2) is 34.9 Å². The minimum Gasteiger partial charge on any atom is -0.335 e. The molecule has 1 saturated heterocycles. The number of nitrogens with zero attached hydrogens (tertiary/aromatic N) is 4. The largest absolute Gasteiger partial charge is 0.335 e. The number of amides is 1. The van der Waals surface area contributed by atoms with Crippen molar-refractivity contribution in [3.8, 4) is 0 Å². The highest BCUT2D eigenvalue weighted by atomic mass is 79.9. The third kappa shape index (κ3) is 2.60. The van der Waals surface area contributed by atoms with Crippen molar-refractivity contribution in [2.24, 2.45) is 0 Å². The van der Waals surface area contributed by atoms with Gasteiger partial charge in [0.1, 0.15) is 0 Å². The summed E-state index contributed by atoms with van der Waals surface area (Å²) in [5.74, 6) is 0.413. The van der Waals surface area contributed by atoms with Crippen LogP contribution < -0.4 is 0 Å². The normalized spacial score (nSPS) is 15.0. The Kier molecular flexibility index (Phi) is 3.54. The predicted molar refractivity (Wildman–Crippen MR) is 89.5 cm³/mol. The number of aromatic nitrogens is 4. The Morgan fingerprint density at radius 1 is 1.30 bits per heavy atom. The Balaban J connectivity index is 1.51. The lowest BCUT2D eigenvalue weighted by Crippen LogP contribution is -2.49. The van der Waals surface area contributed by atoms with Crippen molar-refractivity contribution < 1.29 is 4.79 Å². The average Bonchev–Trinajstić information content (AvgIpc) is 2.93. The Morgan fingerprint density at radius 2 is 2.09 bits per heavy atom. The number of benzene rings is 1. The summed E-state index contributed by atoms with van der Waals surface area (Å²) in [5.41, 5.74) is 2.48. The molecule has 4 rings (SSSR count). The maximum atomic E-state index is 12.5. The number of imidazole rings is 1. The molecule has 3 aromatic rings. The molecule has 1 aliphatic heterocycles. The Bertz CT molecular complexity index is 873. The first kappa shape index (κ1) is 14.6. The molecule has 0 saturated carbocycles. The Hall–Kier alpha value is -1.99. The minimum absolute atomic E-state index is 0.103. The number of H-pyrrole nitrogens is 1. The number of aromatic amines is 1. The number of hydrogen-bond donors (Lipinski definition) is 1. The molecule has 2 aromatic heterocycles. The number of hydrogen-bond acceptors (Lipinski definition) is 4. The lowest BCUT2D eigenvalue weighted by molar-refractivity contribution is 0.0586. The third-order valence-electron chi connectivity index (χ3n) is 3.89. The van der Waals surface area contributed by atoms with Crippen LogP contribution in [-0.2, 0) is 0 Å². The first-order valence-corrected chi connectivity index (χ1v) is 8.21. The molecule has 1 fully saturated rings. The molecule has 1 aromatic carbocycles. The molecule has 3 heterocycles. The zero-order valence-corrected chi connectivity index (χ0v) is 14.2. The van der Waals surface area contributed by atoms with E-state index in [1.165, 1.54) is 0 Å². The summed E-state index contributed by atoms with van der Waals surface area (Å²) in [6.45, 7) is 1.17. The second-order valence-corrected chi connectivity index (χ2v) is 6.57. The van der Waals surface area contributed by atoms with Gasteiger partial charge in [-0.3, -0.25) is 4.79 Å². The number of halogens is 2. The van der Waals surface area contributed by atoms with Gasteiger partial charge < -0.3 is 9.88 Å². The van der Waals surface area contributed by atoms with Gasteiger partial charge in [0.2, 0.25) is 5.28 Å². The molecule has 0 atom stereocenters. The number of rotatable bonds is 2. The molecule has 0 spiro atoms. The van der Waals surface area contributed by atoms with E-state index in [0.717, 1.165) is 21.2 Å². The molecule has 23 heavy (non-hydrogen) atoms. The Morgan fingerprint density at radius 3 is 2.87 bits per heavy atom. The van der Waals surface area contributed by atoms with E-state index < -0.39 is 0 Å². The van der Waals surface area contributed by atoms with Crippen LogP contribution in [0.5, 0.6) is 0 Å². The van der Waals surface area contributed by atoms with Crippen LogP contribution in [0.4, 0.5) is 0 Å². The van der Waals surface area contributed by atoms with Gasteiger partial charge in [-0.1, -0.05) is 12.1 Å². The summed E-state index contributed by atoms with van der Waals surface area (Å²) >= 11 is 9.27. The molecule has 0 bridgehead atoms. The van der Waals surface area contributed by atoms with Crippen molar-refractivity contribution >= 4 is 44.5 Å². The number of fused-ring (bicyclic) bond motifs is 1. The fraction of sp³-hybridized carbons (Fsp3) is 0.200. The molecule has 1 amide bonds. The Labute approximate surface area is 145 Å². The zero-order chi connectivity index (χ0) is 16.0. The monoisotopic (exact) mass is 391 g/mol. The standard InChI is InChI=1S/C15H11BrClN5O/c16-9-5-18-15(17)21-12(9)8-6-22(7-8)14(23)13-19-10-3-1-2-4-11(10)20-13/h1-5,8H,6-7H2,(H,19,20). The highest BCUT2D eigenvalue weighted by molar-refractivity contribution is 9.10. The van der Waals surface area contributed by atoms with Gasteiger partial charge >= 0.3 is 0 Å². The van der Waals surface area contributed by atoms with Gasteiger partial charge in [0, 0.05) is 25.2 Å². The van der Waals surface area contributed by atoms with E-state index in [2.05, 4.69) is 35.9 Å². The van der Waals surface area contributed by atoms with Gasteiger partial charge in [-0.2, -0.15) is 0 Å². The van der Waals surface area contributed by atoms with Gasteiger partial charge in [0.05, 0.1) is 21.2 Å². The fourth-order valence-corrected chi connectivity index (χ4v) is 3.32. The molecule has 6 nitrogen and oxygen atoms in total. The van der Waals surface area contributed by atoms with Crippen molar-refractivity contribution in [3.63, 3.8) is 0 Å². The maximum Gasteiger partial charge on any atom is 0.289 e. The minimum atomic E-state index is -0.103. The lowest BCUT2D eigenvalue weighted by Gasteiger charge is -2.38. The summed E-state index contributed by atoms with van der Waals surface area (Å²) in [7, 11) is 0. The van der Waals surface area contributed by atoms with Crippen LogP contribution in [0.25, 0.3) is 11.0 Å². The molecule has 116 valence electrons. The number of para-hydroxylation sites is 2. The summed E-state index contributed by atoms with van der Waals surface area (Å²) in [6, 6.07) is 7.58. The second kappa shape index (κ2) is 5.58. The summed E-state index contributed by atoms with van der Waals surface area (Å²) in [5, 5.41) is 0.213. The first-order chi connectivity index (χ1) is 11.1. The van der Waals surface area contributed by atoms with E-state index in [0.29, 0.717) is 18.9 Å². The number of carbonyl (C=O) groups excluding carboxylic acids is 1. The van der Waals surface area contributed by atoms with E-state index in [1.54, 1.807) is 11.1 Å². The van der Waals surface area contributed by atoms with Crippen molar-refractivity contribution in [3.05, 3.63) is 51.7 Å². The number of carbonyl (C=O) groups is 1. The van der Waals surface area contributed by atoms with Gasteiger partial charge in [-0.15, -0.1) is 0 Å². The van der Waals surface area contributed by atoms with Crippen LogP contribution in [0.3, 0.4) is 0 Å². The summed E-state index contributed by atoms with van der Waals surface area (Å²) in [6.07, 6.45) is 1.63. The van der Waals surface area contributed by atoms with Gasteiger partial charge in [0.25, 0.3) is 5.91 Å². The molecule has 0 unspecified atom stereocenters. The summed E-state index contributed by atoms with van der Waals surface area (Å²) < 4.78 is 0.808. The van der Waals surface area contributed by atoms with E-state index in [-0.39, 0.29) is 17.1 Å². The smallest absolute Gasteiger partial charge is 0.289 e. The fourth-order valence-electron chi connectivity index (χ4n) is 2.67. The van der Waals surface area contributed by atoms with E-state index in [9.17, 15) is 4.79 Å². The van der Waals surface area contributed by atoms with Gasteiger partial charge in [-0.05, 0) is 39.7 Å². The van der Waals surface area contributed by atoms with Crippen molar-refractivity contribution in [1.82, 2.24) is 24.8 Å². The SMILES string of the molecule is O=C(c1nc2ccccc2[nH]1)N1CC(c2nc(Cl)ncc2Br)C1. The quantitative estimate of drug-likeness (QED) is 0.680. The molecule has 0 aliphatic carbocycles. The second-order valence-electron chi connectivity index (χ2n) is 5.38. The van der Waals surface area contributed by atoms with Crippen LogP contribution in [0.1, 0.15) is 22.2 Å². The molecule has 1 aliphatic rings. The van der Waals surface area contributed by atoms with Crippen LogP contribution in [-0.4, -0.2) is 43.8 Å². The van der Waals surface area contributed by atoms with Crippen molar-refractivity contribution in [2.75, 3.05) is 13.1 Å². The van der Waals surface area contributed by atoms with E-state index >= 15 is 0 Å². The van der Waals surface area contributed by atoms with Gasteiger partial charge in [-0.25, -0.2) is 15.0 Å². The zero-order valence-electron chi connectivity index (χ0n) is 11.8. The average molecular weight is 393 g/mol. The van der Waals surface area contributed by atoms with Crippen LogP contribution in [0, 0.1) is 0 Å². The van der Waals surface area contributed by atoms with Crippen molar-refractivity contribution in [2.45, 2.75) is 5.92 Å². The first-order valence-electron chi connectivity index (χ1n) is 7.04. The topological polar surface area (TPSA) is 74.8 Å². The lowest BCUT2D eigenvalue weighted by atomic mass is 9.96. The molecular weight excluding hydrogens is 382 g/mol. The van der Waals surface area contributed by atoms with Crippen LogP contribution >= 0.6 is 27.5 Å². The van der Waals surface area contributed by atoms with Crippen LogP contribution in [0.2, 0.25) is 5.28 Å². The van der Waals surface area contributed by atoms with Gasteiger partial charge in [0.15, 0.2) is 5.82 Å². The van der Waals surface area contributed by atoms with E-state index in [1.807, 2.05) is 24.3 Å². The maximum absolute atomic E-state index is 12.5. The highest BCUT2D eigenvalue weighted by Crippen LogP contribution is 2.31. The molecule has 1 N–H and O–H groups in total. The summed E-state index contributed by atoms with van der Waals surface area (Å²) in [4.78, 5) is 29.8. The molecule has 0 radical (unpaired) electrons.